The van der Waals surface area contributed by atoms with Crippen LogP contribution in [0.2, 0.25) is 5.02 Å². The van der Waals surface area contributed by atoms with Gasteiger partial charge in [0.25, 0.3) is 5.56 Å². The van der Waals surface area contributed by atoms with E-state index in [2.05, 4.69) is 5.32 Å². The van der Waals surface area contributed by atoms with Crippen molar-refractivity contribution in [3.05, 3.63) is 79.8 Å². The van der Waals surface area contributed by atoms with Crippen LogP contribution in [0, 0.1) is 5.82 Å². The van der Waals surface area contributed by atoms with Crippen LogP contribution in [-0.2, 0) is 33.3 Å². The van der Waals surface area contributed by atoms with E-state index in [0.717, 1.165) is 26.5 Å². The van der Waals surface area contributed by atoms with Crippen molar-refractivity contribution < 1.29 is 27.7 Å². The van der Waals surface area contributed by atoms with E-state index in [-0.39, 0.29) is 46.5 Å². The minimum absolute atomic E-state index is 0.0533. The number of urea groups is 1. The van der Waals surface area contributed by atoms with Gasteiger partial charge < -0.3 is 24.6 Å². The van der Waals surface area contributed by atoms with Crippen molar-refractivity contribution in [1.82, 2.24) is 18.9 Å². The minimum Gasteiger partial charge on any atom is -0.497 e. The summed E-state index contributed by atoms with van der Waals surface area (Å²) in [6.45, 7) is 0.718. The quantitative estimate of drug-likeness (QED) is 0.346. The molecule has 47 heavy (non-hydrogen) atoms. The average molecular weight is 690 g/mol. The first-order valence-electron chi connectivity index (χ1n) is 15.1. The molecule has 0 radical (unpaired) electrons. The van der Waals surface area contributed by atoms with Crippen molar-refractivity contribution in [2.75, 3.05) is 57.8 Å². The van der Waals surface area contributed by atoms with Crippen molar-refractivity contribution in [3.63, 3.8) is 0 Å². The number of fused-ring (bicyclic) bond motifs is 1. The molecule has 3 amide bonds. The monoisotopic (exact) mass is 689 g/mol. The number of nitrogens with one attached hydrogen (secondary N) is 1. The van der Waals surface area contributed by atoms with Crippen LogP contribution < -0.4 is 21.3 Å². The third kappa shape index (κ3) is 7.44. The van der Waals surface area contributed by atoms with Crippen molar-refractivity contribution in [3.8, 4) is 16.9 Å². The Balaban J connectivity index is 1.36. The molecule has 2 aromatic carbocycles. The Morgan fingerprint density at radius 1 is 1.11 bits per heavy atom. The Morgan fingerprint density at radius 2 is 1.85 bits per heavy atom. The number of aromatic nitrogens is 2. The van der Waals surface area contributed by atoms with Gasteiger partial charge in [-0.25, -0.2) is 14.0 Å². The van der Waals surface area contributed by atoms with Gasteiger partial charge >= 0.3 is 11.7 Å². The van der Waals surface area contributed by atoms with Gasteiger partial charge in [0.05, 0.1) is 30.3 Å². The summed E-state index contributed by atoms with van der Waals surface area (Å²) in [4.78, 5) is 57.6. The first kappa shape index (κ1) is 34.3. The van der Waals surface area contributed by atoms with E-state index in [1.54, 1.807) is 23.0 Å². The second kappa shape index (κ2) is 14.8. The van der Waals surface area contributed by atoms with E-state index in [0.29, 0.717) is 44.6 Å². The number of benzene rings is 2. The van der Waals surface area contributed by atoms with Crippen LogP contribution >= 0.6 is 11.6 Å². The van der Waals surface area contributed by atoms with Crippen molar-refractivity contribution >= 4 is 40.0 Å². The second-order valence-electron chi connectivity index (χ2n) is 11.6. The molecule has 1 fully saturated rings. The summed E-state index contributed by atoms with van der Waals surface area (Å²) in [7, 11) is 1.58. The maximum absolute atomic E-state index is 14.4. The predicted molar refractivity (Wildman–Crippen MR) is 177 cm³/mol. The fourth-order valence-electron chi connectivity index (χ4n) is 6.19. The molecule has 1 N–H and O–H groups in total. The molecule has 0 bridgehead atoms. The van der Waals surface area contributed by atoms with Crippen LogP contribution in [0.4, 0.5) is 14.9 Å². The Morgan fingerprint density at radius 3 is 2.53 bits per heavy atom. The SMILES string of the molecule is COCC(CS(C)=O)n1c(=O)c(-c2cccc(F)c2Cl)cn(CC(=O)N2CCC(N3CCc4cc(OC)ccc4NC3=O)CC2)c1=O. The van der Waals surface area contributed by atoms with Crippen LogP contribution in [0.15, 0.2) is 52.2 Å². The lowest BCUT2D eigenvalue weighted by molar-refractivity contribution is -0.133. The van der Waals surface area contributed by atoms with Gasteiger partial charge in [0.2, 0.25) is 5.91 Å². The number of hydrogen-bond donors (Lipinski definition) is 1. The number of rotatable bonds is 10. The summed E-state index contributed by atoms with van der Waals surface area (Å²) >= 11 is 6.24. The molecular formula is C32H37ClFN5O7S. The molecule has 3 aromatic rings. The summed E-state index contributed by atoms with van der Waals surface area (Å²) in [5, 5.41) is 2.68. The van der Waals surface area contributed by atoms with Gasteiger partial charge in [-0.05, 0) is 49.1 Å². The molecule has 252 valence electrons. The van der Waals surface area contributed by atoms with Crippen LogP contribution in [0.3, 0.4) is 0 Å². The summed E-state index contributed by atoms with van der Waals surface area (Å²) in [5.74, 6) is -0.465. The molecule has 2 aliphatic rings. The number of hydrogen-bond acceptors (Lipinski definition) is 7. The maximum atomic E-state index is 14.4. The lowest BCUT2D eigenvalue weighted by atomic mass is 10.0. The Hall–Kier alpha value is -4.01. The largest absolute Gasteiger partial charge is 0.497 e. The van der Waals surface area contributed by atoms with E-state index in [4.69, 9.17) is 21.1 Å². The third-order valence-corrected chi connectivity index (χ3v) is 9.82. The highest BCUT2D eigenvalue weighted by Gasteiger charge is 2.32. The fourth-order valence-corrected chi connectivity index (χ4v) is 7.20. The highest BCUT2D eigenvalue weighted by Crippen LogP contribution is 2.29. The summed E-state index contributed by atoms with van der Waals surface area (Å²) in [5.41, 5.74) is 0.133. The first-order valence-corrected chi connectivity index (χ1v) is 17.2. The van der Waals surface area contributed by atoms with Crippen LogP contribution in [0.5, 0.6) is 5.75 Å². The standard InChI is InChI=1S/C32H37ClFN5O7S/c1-45-18-22(19-47(3)44)39-30(41)25(24-5-4-6-26(34)29(24)33)16-37(32(39)43)17-28(40)36-12-10-21(11-13-36)38-14-9-20-15-23(46-2)7-8-27(20)35-31(38)42/h4-8,15-16,21-22H,9-14,17-19H2,1-3H3,(H,35,42). The molecule has 12 nitrogen and oxygen atoms in total. The first-order chi connectivity index (χ1) is 22.5. The average Bonchev–Trinajstić information content (AvgIpc) is 3.21. The Labute approximate surface area is 278 Å². The summed E-state index contributed by atoms with van der Waals surface area (Å²) in [6.07, 6.45) is 4.38. The van der Waals surface area contributed by atoms with E-state index in [9.17, 15) is 27.8 Å². The fraction of sp³-hybridized carbons (Fsp3) is 0.438. The number of carbonyl (C=O) groups excluding carboxylic acids is 2. The van der Waals surface area contributed by atoms with Crippen molar-refractivity contribution in [2.24, 2.45) is 0 Å². The van der Waals surface area contributed by atoms with Crippen molar-refractivity contribution in [1.29, 1.82) is 0 Å². The zero-order valence-corrected chi connectivity index (χ0v) is 27.9. The zero-order valence-electron chi connectivity index (χ0n) is 26.4. The highest BCUT2D eigenvalue weighted by atomic mass is 35.5. The Kier molecular flexibility index (Phi) is 10.8. The molecule has 2 unspecified atom stereocenters. The van der Waals surface area contributed by atoms with Gasteiger partial charge in [-0.15, -0.1) is 0 Å². The third-order valence-electron chi connectivity index (χ3n) is 8.58. The smallest absolute Gasteiger partial charge is 0.331 e. The number of anilines is 1. The van der Waals surface area contributed by atoms with Crippen molar-refractivity contribution in [2.45, 2.75) is 37.9 Å². The number of ether oxygens (including phenoxy) is 2. The molecule has 15 heteroatoms. The minimum atomic E-state index is -1.40. The van der Waals surface area contributed by atoms with Gasteiger partial charge in [-0.1, -0.05) is 23.7 Å². The molecule has 2 atom stereocenters. The number of carbonyl (C=O) groups is 2. The van der Waals surface area contributed by atoms with Crippen LogP contribution in [0.25, 0.3) is 11.1 Å². The number of likely N-dealkylation sites (tertiary alicyclic amines) is 1. The lowest BCUT2D eigenvalue weighted by Crippen LogP contribution is -2.51. The van der Waals surface area contributed by atoms with Crippen LogP contribution in [-0.4, -0.2) is 93.6 Å². The molecule has 0 spiro atoms. The van der Waals surface area contributed by atoms with Gasteiger partial charge in [-0.2, -0.15) is 0 Å². The lowest BCUT2D eigenvalue weighted by Gasteiger charge is -2.38. The number of methoxy groups -OCH3 is 2. The molecular weight excluding hydrogens is 653 g/mol. The van der Waals surface area contributed by atoms with E-state index < -0.39 is 40.5 Å². The molecule has 1 aromatic heterocycles. The van der Waals surface area contributed by atoms with Gasteiger partial charge in [0.1, 0.15) is 18.1 Å². The van der Waals surface area contributed by atoms with Gasteiger partial charge in [-0.3, -0.25) is 22.9 Å². The predicted octanol–water partition coefficient (Wildman–Crippen LogP) is 3.13. The molecule has 2 aliphatic heterocycles. The maximum Gasteiger partial charge on any atom is 0.331 e. The molecule has 1 saturated heterocycles. The molecule has 0 aliphatic carbocycles. The Bertz CT molecular complexity index is 1810. The normalized spacial score (nSPS) is 16.7. The second-order valence-corrected chi connectivity index (χ2v) is 13.4. The number of nitrogens with zero attached hydrogens (tertiary/aromatic N) is 4. The molecule has 5 rings (SSSR count). The number of amides is 3. The van der Waals surface area contributed by atoms with Gasteiger partial charge in [0, 0.05) is 73.0 Å². The number of halogens is 2. The topological polar surface area (TPSA) is 132 Å². The van der Waals surface area contributed by atoms with Gasteiger partial charge in [0.15, 0.2) is 0 Å². The highest BCUT2D eigenvalue weighted by molar-refractivity contribution is 7.84. The van der Waals surface area contributed by atoms with E-state index in [1.165, 1.54) is 31.7 Å². The summed E-state index contributed by atoms with van der Waals surface area (Å²) in [6, 6.07) is 8.32. The van der Waals surface area contributed by atoms with E-state index in [1.807, 2.05) is 12.1 Å². The summed E-state index contributed by atoms with van der Waals surface area (Å²) < 4.78 is 39.2. The molecule has 0 saturated carbocycles. The zero-order chi connectivity index (χ0) is 33.8. The van der Waals surface area contributed by atoms with Crippen LogP contribution in [0.1, 0.15) is 24.4 Å². The molecule has 3 heterocycles. The number of piperidine rings is 1. The van der Waals surface area contributed by atoms with E-state index >= 15 is 0 Å².